The molecule has 0 amide bonds. The number of thioether (sulfide) groups is 1. The van der Waals surface area contributed by atoms with E-state index < -0.39 is 0 Å². The molecule has 0 atom stereocenters. The maximum absolute atomic E-state index is 5.01. The number of nitrogens with one attached hydrogen (secondary N) is 1. The van der Waals surface area contributed by atoms with Crippen LogP contribution in [0.15, 0.2) is 23.6 Å². The normalized spacial score (nSPS) is 10.5. The summed E-state index contributed by atoms with van der Waals surface area (Å²) < 4.78 is 2.46. The quantitative estimate of drug-likeness (QED) is 0.500. The van der Waals surface area contributed by atoms with Crippen LogP contribution in [-0.2, 0) is 12.8 Å². The van der Waals surface area contributed by atoms with Crippen LogP contribution in [0, 0.1) is 4.77 Å². The van der Waals surface area contributed by atoms with Gasteiger partial charge in [0, 0.05) is 19.4 Å². The summed E-state index contributed by atoms with van der Waals surface area (Å²) in [5.74, 6) is 1.59. The Kier molecular flexibility index (Phi) is 3.12. The number of rotatable bonds is 3. The molecule has 0 spiro atoms. The van der Waals surface area contributed by atoms with Gasteiger partial charge in [-0.25, -0.2) is 9.97 Å². The Morgan fingerprint density at radius 1 is 1.47 bits per heavy atom. The van der Waals surface area contributed by atoms with Gasteiger partial charge in [-0.15, -0.1) is 0 Å². The van der Waals surface area contributed by atoms with E-state index in [0.29, 0.717) is 10.5 Å². The van der Waals surface area contributed by atoms with Gasteiger partial charge in [0.1, 0.15) is 5.82 Å². The molecule has 7 heteroatoms. The van der Waals surface area contributed by atoms with Gasteiger partial charge in [0.25, 0.3) is 0 Å². The highest BCUT2D eigenvalue weighted by Crippen LogP contribution is 2.16. The summed E-state index contributed by atoms with van der Waals surface area (Å²) in [5.41, 5.74) is 0. The lowest BCUT2D eigenvalue weighted by molar-refractivity contribution is 0.836. The molecule has 0 aliphatic heterocycles. The van der Waals surface area contributed by atoms with Crippen molar-refractivity contribution in [2.75, 3.05) is 0 Å². The summed E-state index contributed by atoms with van der Waals surface area (Å²) >= 11 is 6.54. The molecule has 1 N–H and O–H groups in total. The third-order valence-electron chi connectivity index (χ3n) is 1.84. The zero-order valence-electron chi connectivity index (χ0n) is 8.04. The molecule has 2 rings (SSSR count). The summed E-state index contributed by atoms with van der Waals surface area (Å²) in [4.78, 5) is 8.22. The Hall–Kier alpha value is -1.21. The van der Waals surface area contributed by atoms with E-state index in [-0.39, 0.29) is 0 Å². The fourth-order valence-electron chi connectivity index (χ4n) is 0.998. The molecule has 0 radical (unpaired) electrons. The first-order valence-electron chi connectivity index (χ1n) is 4.27. The second-order valence-corrected chi connectivity index (χ2v) is 4.15. The first kappa shape index (κ1) is 10.3. The molecular weight excluding hydrogens is 230 g/mol. The van der Waals surface area contributed by atoms with Crippen molar-refractivity contribution < 1.29 is 0 Å². The van der Waals surface area contributed by atoms with Crippen LogP contribution in [0.4, 0.5) is 0 Å². The second kappa shape index (κ2) is 4.54. The largest absolute Gasteiger partial charge is 0.307 e. The zero-order valence-corrected chi connectivity index (χ0v) is 9.68. The Labute approximate surface area is 96.0 Å². The molecule has 0 fully saturated rings. The number of hydrogen-bond acceptors (Lipinski definition) is 5. The zero-order chi connectivity index (χ0) is 10.7. The first-order chi connectivity index (χ1) is 7.27. The van der Waals surface area contributed by atoms with Crippen molar-refractivity contribution in [2.45, 2.75) is 10.9 Å². The number of H-pyrrole nitrogens is 1. The number of aromatic amines is 1. The van der Waals surface area contributed by atoms with Crippen molar-refractivity contribution in [1.29, 1.82) is 0 Å². The van der Waals surface area contributed by atoms with E-state index in [1.54, 1.807) is 18.5 Å². The van der Waals surface area contributed by atoms with Crippen molar-refractivity contribution >= 4 is 24.0 Å². The van der Waals surface area contributed by atoms with Crippen LogP contribution >= 0.6 is 24.0 Å². The van der Waals surface area contributed by atoms with E-state index in [9.17, 15) is 0 Å². The molecule has 2 aromatic rings. The third kappa shape index (κ3) is 2.42. The predicted octanol–water partition coefficient (Wildman–Crippen LogP) is 1.56. The third-order valence-corrected chi connectivity index (χ3v) is 3.08. The average Bonchev–Trinajstić information content (AvgIpc) is 2.59. The highest BCUT2D eigenvalue weighted by Gasteiger charge is 2.03. The fraction of sp³-hybridized carbons (Fsp3) is 0.250. The van der Waals surface area contributed by atoms with E-state index in [1.807, 2.05) is 11.6 Å². The van der Waals surface area contributed by atoms with E-state index >= 15 is 0 Å². The monoisotopic (exact) mass is 239 g/mol. The van der Waals surface area contributed by atoms with Crippen molar-refractivity contribution in [3.05, 3.63) is 29.1 Å². The molecule has 0 aliphatic carbocycles. The lowest BCUT2D eigenvalue weighted by atomic mass is 10.7. The first-order valence-corrected chi connectivity index (χ1v) is 5.67. The molecule has 0 aliphatic rings. The smallest absolute Gasteiger partial charge is 0.194 e. The number of aromatic nitrogens is 5. The summed E-state index contributed by atoms with van der Waals surface area (Å²) in [6.45, 7) is 0. The van der Waals surface area contributed by atoms with Gasteiger partial charge >= 0.3 is 0 Å². The maximum atomic E-state index is 5.01. The molecule has 0 saturated carbocycles. The van der Waals surface area contributed by atoms with Gasteiger partial charge in [-0.3, -0.25) is 5.10 Å². The van der Waals surface area contributed by atoms with E-state index in [4.69, 9.17) is 12.2 Å². The molecule has 0 aromatic carbocycles. The van der Waals surface area contributed by atoms with Gasteiger partial charge in [-0.05, 0) is 18.3 Å². The minimum atomic E-state index is 0.625. The SMILES string of the molecule is Cn1c(CSc2ncccn2)n[nH]c1=S. The van der Waals surface area contributed by atoms with Crippen LogP contribution in [0.3, 0.4) is 0 Å². The second-order valence-electron chi connectivity index (χ2n) is 2.82. The Morgan fingerprint density at radius 3 is 2.80 bits per heavy atom. The van der Waals surface area contributed by atoms with Crippen molar-refractivity contribution in [3.8, 4) is 0 Å². The van der Waals surface area contributed by atoms with Crippen LogP contribution in [0.1, 0.15) is 5.82 Å². The fourth-order valence-corrected chi connectivity index (χ4v) is 1.94. The van der Waals surface area contributed by atoms with Crippen LogP contribution in [0.5, 0.6) is 0 Å². The summed E-state index contributed by atoms with van der Waals surface area (Å²) in [5, 5.41) is 7.58. The summed E-state index contributed by atoms with van der Waals surface area (Å²) in [7, 11) is 1.88. The summed E-state index contributed by atoms with van der Waals surface area (Å²) in [6.07, 6.45) is 3.44. The van der Waals surface area contributed by atoms with Gasteiger partial charge in [0.05, 0.1) is 5.75 Å². The number of nitrogens with zero attached hydrogens (tertiary/aromatic N) is 4. The Bertz CT molecular complexity index is 489. The van der Waals surface area contributed by atoms with Gasteiger partial charge in [-0.1, -0.05) is 11.8 Å². The lowest BCUT2D eigenvalue weighted by Crippen LogP contribution is -1.96. The van der Waals surface area contributed by atoms with E-state index in [0.717, 1.165) is 11.0 Å². The molecule has 2 aromatic heterocycles. The molecule has 0 bridgehead atoms. The van der Waals surface area contributed by atoms with Crippen LogP contribution in [0.2, 0.25) is 0 Å². The highest BCUT2D eigenvalue weighted by molar-refractivity contribution is 7.98. The predicted molar refractivity (Wildman–Crippen MR) is 60.0 cm³/mol. The molecular formula is C8H9N5S2. The van der Waals surface area contributed by atoms with Crippen LogP contribution in [0.25, 0.3) is 0 Å². The molecule has 2 heterocycles. The molecule has 0 unspecified atom stereocenters. The molecule has 5 nitrogen and oxygen atoms in total. The standard InChI is InChI=1S/C8H9N5S2/c1-13-6(11-12-8(13)14)5-15-7-9-3-2-4-10-7/h2-4H,5H2,1H3,(H,12,14). The van der Waals surface area contributed by atoms with Gasteiger partial charge in [0.2, 0.25) is 0 Å². The van der Waals surface area contributed by atoms with Gasteiger partial charge in [-0.2, -0.15) is 5.10 Å². The van der Waals surface area contributed by atoms with E-state index in [2.05, 4.69) is 20.2 Å². The Morgan fingerprint density at radius 2 is 2.20 bits per heavy atom. The van der Waals surface area contributed by atoms with Crippen molar-refractivity contribution in [3.63, 3.8) is 0 Å². The topological polar surface area (TPSA) is 59.4 Å². The summed E-state index contributed by atoms with van der Waals surface area (Å²) in [6, 6.07) is 1.79. The minimum absolute atomic E-state index is 0.625. The highest BCUT2D eigenvalue weighted by atomic mass is 32.2. The van der Waals surface area contributed by atoms with Crippen LogP contribution in [-0.4, -0.2) is 24.7 Å². The van der Waals surface area contributed by atoms with Crippen LogP contribution < -0.4 is 0 Å². The lowest BCUT2D eigenvalue weighted by Gasteiger charge is -1.98. The molecule has 0 saturated heterocycles. The van der Waals surface area contributed by atoms with Crippen molar-refractivity contribution in [2.24, 2.45) is 7.05 Å². The number of hydrogen-bond donors (Lipinski definition) is 1. The average molecular weight is 239 g/mol. The van der Waals surface area contributed by atoms with Gasteiger partial charge < -0.3 is 4.57 Å². The molecule has 15 heavy (non-hydrogen) atoms. The minimum Gasteiger partial charge on any atom is -0.307 e. The van der Waals surface area contributed by atoms with E-state index in [1.165, 1.54) is 11.8 Å². The van der Waals surface area contributed by atoms with Crippen molar-refractivity contribution in [1.82, 2.24) is 24.7 Å². The van der Waals surface area contributed by atoms with Gasteiger partial charge in [0.15, 0.2) is 9.93 Å². The Balaban J connectivity index is 2.06. The molecule has 78 valence electrons. The maximum Gasteiger partial charge on any atom is 0.194 e.